The van der Waals surface area contributed by atoms with Crippen LogP contribution in [0.4, 0.5) is 5.13 Å². The molecule has 1 aromatic heterocycles. The Kier molecular flexibility index (Phi) is 2.99. The average Bonchev–Trinajstić information content (AvgIpc) is 2.75. The molecule has 0 spiro atoms. The maximum Gasteiger partial charge on any atom is 0.244 e. The molecule has 7 heteroatoms. The van der Waals surface area contributed by atoms with Gasteiger partial charge in [-0.1, -0.05) is 11.3 Å². The van der Waals surface area contributed by atoms with Crippen molar-refractivity contribution in [3.05, 3.63) is 5.01 Å². The lowest BCUT2D eigenvalue weighted by molar-refractivity contribution is -0.117. The second-order valence-electron chi connectivity index (χ2n) is 2.89. The Morgan fingerprint density at radius 2 is 2.50 bits per heavy atom. The van der Waals surface area contributed by atoms with E-state index >= 15 is 0 Å². The molecule has 2 heterocycles. The molecule has 1 aliphatic rings. The third-order valence-electron chi connectivity index (χ3n) is 1.79. The van der Waals surface area contributed by atoms with Crippen molar-refractivity contribution >= 4 is 34.1 Å². The van der Waals surface area contributed by atoms with Crippen molar-refractivity contribution in [3.8, 4) is 0 Å². The zero-order valence-corrected chi connectivity index (χ0v) is 9.24. The van der Waals surface area contributed by atoms with E-state index in [1.54, 1.807) is 11.8 Å². The fourth-order valence-corrected chi connectivity index (χ4v) is 2.64. The number of aromatic nitrogens is 2. The average molecular weight is 230 g/mol. The molecular formula is C7H10N4OS2. The van der Waals surface area contributed by atoms with Crippen molar-refractivity contribution in [1.82, 2.24) is 15.5 Å². The third-order valence-corrected chi connectivity index (χ3v) is 3.48. The topological polar surface area (TPSA) is 66.9 Å². The molecule has 5 nitrogen and oxygen atoms in total. The summed E-state index contributed by atoms with van der Waals surface area (Å²) in [5, 5.41) is 14.9. The molecule has 0 radical (unpaired) electrons. The lowest BCUT2D eigenvalue weighted by Gasteiger charge is -2.06. The maximum atomic E-state index is 11.6. The molecule has 1 amide bonds. The number of nitrogens with one attached hydrogen (secondary N) is 2. The zero-order valence-electron chi connectivity index (χ0n) is 7.61. The molecule has 0 aromatic carbocycles. The van der Waals surface area contributed by atoms with Gasteiger partial charge < -0.3 is 0 Å². The van der Waals surface area contributed by atoms with Crippen molar-refractivity contribution in [2.45, 2.75) is 13.0 Å². The molecule has 1 aromatic rings. The molecule has 1 aliphatic heterocycles. The van der Waals surface area contributed by atoms with E-state index in [0.717, 1.165) is 16.6 Å². The number of carbonyl (C=O) groups excluding carboxylic acids is 1. The van der Waals surface area contributed by atoms with Crippen molar-refractivity contribution in [1.29, 1.82) is 0 Å². The molecule has 14 heavy (non-hydrogen) atoms. The van der Waals surface area contributed by atoms with Crippen LogP contribution in [0.5, 0.6) is 0 Å². The SMILES string of the molecule is Cc1nnc(NC(=O)[C@H]2CSCN2)s1. The number of hydrogen-bond acceptors (Lipinski definition) is 6. The van der Waals surface area contributed by atoms with E-state index in [4.69, 9.17) is 0 Å². The fraction of sp³-hybridized carbons (Fsp3) is 0.571. The Hall–Kier alpha value is -0.660. The first-order valence-electron chi connectivity index (χ1n) is 4.18. The van der Waals surface area contributed by atoms with Gasteiger partial charge in [0.2, 0.25) is 11.0 Å². The number of aryl methyl sites for hydroxylation is 1. The van der Waals surface area contributed by atoms with Gasteiger partial charge in [0.25, 0.3) is 0 Å². The monoisotopic (exact) mass is 230 g/mol. The summed E-state index contributed by atoms with van der Waals surface area (Å²) >= 11 is 3.11. The van der Waals surface area contributed by atoms with Crippen LogP contribution in [0.3, 0.4) is 0 Å². The molecular weight excluding hydrogens is 220 g/mol. The highest BCUT2D eigenvalue weighted by Crippen LogP contribution is 2.16. The van der Waals surface area contributed by atoms with Gasteiger partial charge in [0, 0.05) is 11.6 Å². The molecule has 0 aliphatic carbocycles. The predicted octanol–water partition coefficient (Wildman–Crippen LogP) is 0.448. The van der Waals surface area contributed by atoms with E-state index in [1.165, 1.54) is 11.3 Å². The number of carbonyl (C=O) groups is 1. The highest BCUT2D eigenvalue weighted by Gasteiger charge is 2.23. The largest absolute Gasteiger partial charge is 0.299 e. The molecule has 76 valence electrons. The highest BCUT2D eigenvalue weighted by atomic mass is 32.2. The van der Waals surface area contributed by atoms with Crippen LogP contribution >= 0.6 is 23.1 Å². The molecule has 0 saturated carbocycles. The Balaban J connectivity index is 1.93. The van der Waals surface area contributed by atoms with E-state index in [-0.39, 0.29) is 11.9 Å². The Morgan fingerprint density at radius 3 is 3.07 bits per heavy atom. The first-order chi connectivity index (χ1) is 6.75. The summed E-state index contributed by atoms with van der Waals surface area (Å²) in [6.45, 7) is 1.86. The van der Waals surface area contributed by atoms with E-state index in [1.807, 2.05) is 6.92 Å². The van der Waals surface area contributed by atoms with Crippen molar-refractivity contribution in [2.75, 3.05) is 16.9 Å². The second-order valence-corrected chi connectivity index (χ2v) is 5.10. The molecule has 0 unspecified atom stereocenters. The van der Waals surface area contributed by atoms with Crippen LogP contribution in [0, 0.1) is 6.92 Å². The first-order valence-corrected chi connectivity index (χ1v) is 6.15. The number of rotatable bonds is 2. The third kappa shape index (κ3) is 2.23. The minimum Gasteiger partial charge on any atom is -0.299 e. The predicted molar refractivity (Wildman–Crippen MR) is 57.5 cm³/mol. The number of nitrogens with zero attached hydrogens (tertiary/aromatic N) is 2. The smallest absolute Gasteiger partial charge is 0.244 e. The van der Waals surface area contributed by atoms with Crippen LogP contribution in [0.15, 0.2) is 0 Å². The standard InChI is InChI=1S/C7H10N4OS2/c1-4-10-11-7(14-4)9-6(12)5-2-13-3-8-5/h5,8H,2-3H2,1H3,(H,9,11,12)/t5-/m1/s1. The van der Waals surface area contributed by atoms with Gasteiger partial charge in [-0.3, -0.25) is 15.4 Å². The second kappa shape index (κ2) is 4.24. The molecule has 2 rings (SSSR count). The summed E-state index contributed by atoms with van der Waals surface area (Å²) in [4.78, 5) is 11.6. The van der Waals surface area contributed by atoms with Gasteiger partial charge in [-0.25, -0.2) is 0 Å². The van der Waals surface area contributed by atoms with Crippen LogP contribution in [-0.4, -0.2) is 33.8 Å². The van der Waals surface area contributed by atoms with Crippen LogP contribution in [0.1, 0.15) is 5.01 Å². The van der Waals surface area contributed by atoms with Crippen molar-refractivity contribution in [2.24, 2.45) is 0 Å². The number of anilines is 1. The minimum absolute atomic E-state index is 0.0221. The summed E-state index contributed by atoms with van der Waals surface area (Å²) in [5.41, 5.74) is 0. The number of hydrogen-bond donors (Lipinski definition) is 2. The fourth-order valence-electron chi connectivity index (χ4n) is 1.10. The normalized spacial score (nSPS) is 21.1. The van der Waals surface area contributed by atoms with Gasteiger partial charge in [0.05, 0.1) is 6.04 Å². The lowest BCUT2D eigenvalue weighted by atomic mass is 10.3. The van der Waals surface area contributed by atoms with Gasteiger partial charge in [-0.2, -0.15) is 0 Å². The molecule has 0 bridgehead atoms. The highest BCUT2D eigenvalue weighted by molar-refractivity contribution is 7.99. The lowest BCUT2D eigenvalue weighted by Crippen LogP contribution is -2.37. The van der Waals surface area contributed by atoms with E-state index in [9.17, 15) is 4.79 Å². The van der Waals surface area contributed by atoms with E-state index in [0.29, 0.717) is 5.13 Å². The summed E-state index contributed by atoms with van der Waals surface area (Å²) in [7, 11) is 0. The van der Waals surface area contributed by atoms with Crippen LogP contribution in [0.25, 0.3) is 0 Å². The zero-order chi connectivity index (χ0) is 9.97. The van der Waals surface area contributed by atoms with Crippen LogP contribution < -0.4 is 10.6 Å². The van der Waals surface area contributed by atoms with E-state index in [2.05, 4.69) is 20.8 Å². The van der Waals surface area contributed by atoms with Gasteiger partial charge in [-0.05, 0) is 6.92 Å². The van der Waals surface area contributed by atoms with Crippen LogP contribution in [0.2, 0.25) is 0 Å². The van der Waals surface area contributed by atoms with E-state index < -0.39 is 0 Å². The number of thioether (sulfide) groups is 1. The van der Waals surface area contributed by atoms with Gasteiger partial charge in [0.15, 0.2) is 0 Å². The summed E-state index contributed by atoms with van der Waals surface area (Å²) < 4.78 is 0. The van der Waals surface area contributed by atoms with Gasteiger partial charge >= 0.3 is 0 Å². The van der Waals surface area contributed by atoms with Crippen LogP contribution in [-0.2, 0) is 4.79 Å². The minimum atomic E-state index is -0.0933. The summed E-state index contributed by atoms with van der Waals surface area (Å²) in [5.74, 6) is 1.64. The summed E-state index contributed by atoms with van der Waals surface area (Å²) in [6.07, 6.45) is 0. The quantitative estimate of drug-likeness (QED) is 0.772. The molecule has 1 saturated heterocycles. The van der Waals surface area contributed by atoms with Gasteiger partial charge in [0.1, 0.15) is 5.01 Å². The maximum absolute atomic E-state index is 11.6. The molecule has 2 N–H and O–H groups in total. The van der Waals surface area contributed by atoms with Crippen molar-refractivity contribution in [3.63, 3.8) is 0 Å². The summed E-state index contributed by atoms with van der Waals surface area (Å²) in [6, 6.07) is -0.0933. The van der Waals surface area contributed by atoms with Crippen molar-refractivity contribution < 1.29 is 4.79 Å². The Bertz CT molecular complexity index is 334. The Labute approximate surface area is 89.7 Å². The first kappa shape index (κ1) is 9.88. The molecule has 1 fully saturated rings. The number of amides is 1. The molecule has 1 atom stereocenters. The van der Waals surface area contributed by atoms with Gasteiger partial charge in [-0.15, -0.1) is 22.0 Å². The Morgan fingerprint density at radius 1 is 1.64 bits per heavy atom.